The summed E-state index contributed by atoms with van der Waals surface area (Å²) in [5.41, 5.74) is 0.936. The van der Waals surface area contributed by atoms with Gasteiger partial charge in [-0.15, -0.1) is 0 Å². The van der Waals surface area contributed by atoms with Crippen LogP contribution in [-0.2, 0) is 14.8 Å². The summed E-state index contributed by atoms with van der Waals surface area (Å²) < 4.78 is 33.5. The summed E-state index contributed by atoms with van der Waals surface area (Å²) in [6.45, 7) is -0.145. The molecule has 8 heteroatoms. The van der Waals surface area contributed by atoms with E-state index < -0.39 is 22.0 Å². The number of halogens is 1. The van der Waals surface area contributed by atoms with Gasteiger partial charge in [0.05, 0.1) is 17.1 Å². The van der Waals surface area contributed by atoms with Crippen molar-refractivity contribution in [1.29, 1.82) is 0 Å². The molecule has 1 N–H and O–H groups in total. The zero-order valence-electron chi connectivity index (χ0n) is 15.2. The molecular weight excluding hydrogens is 412 g/mol. The largest absolute Gasteiger partial charge is 0.476 e. The summed E-state index contributed by atoms with van der Waals surface area (Å²) in [5, 5.41) is 3.28. The van der Waals surface area contributed by atoms with Gasteiger partial charge in [-0.25, -0.2) is 8.42 Å². The van der Waals surface area contributed by atoms with Crippen molar-refractivity contribution in [2.24, 2.45) is 0 Å². The average molecular weight is 429 g/mol. The molecule has 1 aliphatic rings. The maximum Gasteiger partial charge on any atom is 0.267 e. The third kappa shape index (κ3) is 3.92. The Morgan fingerprint density at radius 1 is 0.966 bits per heavy atom. The molecule has 1 atom stereocenters. The Bertz CT molecular complexity index is 1130. The number of amides is 1. The molecule has 0 unspecified atom stereocenters. The van der Waals surface area contributed by atoms with Crippen molar-refractivity contribution in [2.75, 3.05) is 16.2 Å². The minimum absolute atomic E-state index is 0.145. The van der Waals surface area contributed by atoms with Crippen LogP contribution in [0.3, 0.4) is 0 Å². The minimum atomic E-state index is -3.86. The van der Waals surface area contributed by atoms with Crippen LogP contribution in [0.15, 0.2) is 83.8 Å². The predicted octanol–water partition coefficient (Wildman–Crippen LogP) is 3.94. The number of fused-ring (bicyclic) bond motifs is 1. The summed E-state index contributed by atoms with van der Waals surface area (Å²) in [4.78, 5) is 12.9. The van der Waals surface area contributed by atoms with Crippen molar-refractivity contribution < 1.29 is 17.9 Å². The molecule has 3 aromatic carbocycles. The summed E-state index contributed by atoms with van der Waals surface area (Å²) in [6, 6.07) is 21.5. The maximum atomic E-state index is 13.2. The Labute approximate surface area is 173 Å². The summed E-state index contributed by atoms with van der Waals surface area (Å²) in [6.07, 6.45) is -1.01. The van der Waals surface area contributed by atoms with Crippen molar-refractivity contribution in [3.63, 3.8) is 0 Å². The molecule has 0 bridgehead atoms. The van der Waals surface area contributed by atoms with E-state index in [4.69, 9.17) is 16.3 Å². The van der Waals surface area contributed by atoms with E-state index in [9.17, 15) is 13.2 Å². The van der Waals surface area contributed by atoms with Gasteiger partial charge in [-0.05, 0) is 48.5 Å². The molecule has 0 aromatic heterocycles. The number of ether oxygens (including phenoxy) is 1. The Morgan fingerprint density at radius 2 is 1.62 bits per heavy atom. The number of anilines is 2. The number of rotatable bonds is 4. The van der Waals surface area contributed by atoms with Gasteiger partial charge < -0.3 is 10.1 Å². The van der Waals surface area contributed by atoms with Crippen LogP contribution in [0.25, 0.3) is 0 Å². The predicted molar refractivity (Wildman–Crippen MR) is 112 cm³/mol. The average Bonchev–Trinajstić information content (AvgIpc) is 2.75. The molecule has 4 rings (SSSR count). The Balaban J connectivity index is 1.66. The molecule has 0 radical (unpaired) electrons. The van der Waals surface area contributed by atoms with Crippen molar-refractivity contribution in [2.45, 2.75) is 11.0 Å². The first-order chi connectivity index (χ1) is 13.9. The molecule has 1 amide bonds. The molecule has 0 aliphatic carbocycles. The highest BCUT2D eigenvalue weighted by Crippen LogP contribution is 2.36. The van der Waals surface area contributed by atoms with E-state index in [1.807, 2.05) is 0 Å². The van der Waals surface area contributed by atoms with E-state index in [0.29, 0.717) is 22.1 Å². The zero-order valence-corrected chi connectivity index (χ0v) is 16.7. The third-order valence-corrected chi connectivity index (χ3v) is 6.52. The Hall–Kier alpha value is -3.03. The fourth-order valence-corrected chi connectivity index (χ4v) is 4.67. The fraction of sp³-hybridized carbons (Fsp3) is 0.0952. The topological polar surface area (TPSA) is 75.7 Å². The van der Waals surface area contributed by atoms with E-state index in [-0.39, 0.29) is 11.4 Å². The van der Waals surface area contributed by atoms with Gasteiger partial charge in [-0.3, -0.25) is 9.10 Å². The normalized spacial score (nSPS) is 15.9. The number of sulfonamides is 1. The molecule has 0 saturated heterocycles. The summed E-state index contributed by atoms with van der Waals surface area (Å²) in [7, 11) is -3.86. The number of carbonyl (C=O) groups excluding carboxylic acids is 1. The molecule has 1 aliphatic heterocycles. The van der Waals surface area contributed by atoms with E-state index in [1.165, 1.54) is 16.4 Å². The standard InChI is InChI=1S/C21H17ClN2O4S/c22-15-10-12-16(13-11-15)23-21(25)20-14-24(18-8-4-5-9-19(18)28-20)29(26,27)17-6-2-1-3-7-17/h1-13,20H,14H2,(H,23,25)/t20-/m0/s1. The van der Waals surface area contributed by atoms with Crippen LogP contribution in [0.4, 0.5) is 11.4 Å². The molecule has 1 heterocycles. The van der Waals surface area contributed by atoms with Crippen molar-refractivity contribution in [1.82, 2.24) is 0 Å². The highest BCUT2D eigenvalue weighted by atomic mass is 35.5. The number of hydrogen-bond acceptors (Lipinski definition) is 4. The van der Waals surface area contributed by atoms with Gasteiger partial charge in [0.2, 0.25) is 0 Å². The minimum Gasteiger partial charge on any atom is -0.476 e. The summed E-state index contributed by atoms with van der Waals surface area (Å²) in [5.74, 6) is -0.121. The number of benzene rings is 3. The number of nitrogens with one attached hydrogen (secondary N) is 1. The molecular formula is C21H17ClN2O4S. The van der Waals surface area contributed by atoms with Crippen LogP contribution in [0.1, 0.15) is 0 Å². The number of nitrogens with zero attached hydrogens (tertiary/aromatic N) is 1. The molecule has 3 aromatic rings. The van der Waals surface area contributed by atoms with Crippen LogP contribution in [-0.4, -0.2) is 27.0 Å². The van der Waals surface area contributed by atoms with Gasteiger partial charge in [0.15, 0.2) is 6.10 Å². The van der Waals surface area contributed by atoms with Crippen molar-refractivity contribution in [3.05, 3.63) is 83.9 Å². The number of carbonyl (C=O) groups is 1. The number of hydrogen-bond donors (Lipinski definition) is 1. The van der Waals surface area contributed by atoms with Gasteiger partial charge in [0.1, 0.15) is 5.75 Å². The van der Waals surface area contributed by atoms with Gasteiger partial charge >= 0.3 is 0 Å². The zero-order chi connectivity index (χ0) is 20.4. The second-order valence-electron chi connectivity index (χ2n) is 6.42. The van der Waals surface area contributed by atoms with Crippen LogP contribution in [0, 0.1) is 0 Å². The van der Waals surface area contributed by atoms with Gasteiger partial charge in [0.25, 0.3) is 15.9 Å². The third-order valence-electron chi connectivity index (χ3n) is 4.47. The molecule has 0 saturated carbocycles. The SMILES string of the molecule is O=C(Nc1ccc(Cl)cc1)[C@@H]1CN(S(=O)(=O)c2ccccc2)c2ccccc2O1. The van der Waals surface area contributed by atoms with E-state index in [1.54, 1.807) is 66.7 Å². The summed E-state index contributed by atoms with van der Waals surface area (Å²) >= 11 is 5.87. The smallest absolute Gasteiger partial charge is 0.267 e. The quantitative estimate of drug-likeness (QED) is 0.683. The first-order valence-corrected chi connectivity index (χ1v) is 10.7. The van der Waals surface area contributed by atoms with Gasteiger partial charge in [-0.2, -0.15) is 0 Å². The Kier molecular flexibility index (Phi) is 5.17. The first-order valence-electron chi connectivity index (χ1n) is 8.85. The van der Waals surface area contributed by atoms with Crippen molar-refractivity contribution in [3.8, 4) is 5.75 Å². The van der Waals surface area contributed by atoms with Crippen molar-refractivity contribution >= 4 is 38.9 Å². The lowest BCUT2D eigenvalue weighted by Gasteiger charge is -2.34. The molecule has 148 valence electrons. The van der Waals surface area contributed by atoms with Gasteiger partial charge in [-0.1, -0.05) is 41.9 Å². The highest BCUT2D eigenvalue weighted by molar-refractivity contribution is 7.92. The lowest BCUT2D eigenvalue weighted by molar-refractivity contribution is -0.122. The second-order valence-corrected chi connectivity index (χ2v) is 8.72. The van der Waals surface area contributed by atoms with E-state index in [0.717, 1.165) is 0 Å². The first kappa shape index (κ1) is 19.3. The second kappa shape index (κ2) is 7.77. The Morgan fingerprint density at radius 3 is 2.34 bits per heavy atom. The van der Waals surface area contributed by atoms with Crippen LogP contribution in [0.2, 0.25) is 5.02 Å². The van der Waals surface area contributed by atoms with Gasteiger partial charge in [0, 0.05) is 10.7 Å². The number of para-hydroxylation sites is 2. The maximum absolute atomic E-state index is 13.2. The monoisotopic (exact) mass is 428 g/mol. The van der Waals surface area contributed by atoms with Crippen LogP contribution < -0.4 is 14.4 Å². The van der Waals surface area contributed by atoms with Crippen LogP contribution in [0.5, 0.6) is 5.75 Å². The molecule has 6 nitrogen and oxygen atoms in total. The molecule has 0 spiro atoms. The van der Waals surface area contributed by atoms with E-state index in [2.05, 4.69) is 5.32 Å². The highest BCUT2D eigenvalue weighted by Gasteiger charge is 2.37. The lowest BCUT2D eigenvalue weighted by Crippen LogP contribution is -2.48. The van der Waals surface area contributed by atoms with E-state index >= 15 is 0 Å². The van der Waals surface area contributed by atoms with Crippen LogP contribution >= 0.6 is 11.6 Å². The molecule has 29 heavy (non-hydrogen) atoms. The fourth-order valence-electron chi connectivity index (χ4n) is 3.04. The lowest BCUT2D eigenvalue weighted by atomic mass is 10.2. The molecule has 0 fully saturated rings.